The van der Waals surface area contributed by atoms with Gasteiger partial charge < -0.3 is 19.5 Å². The first-order valence-corrected chi connectivity index (χ1v) is 10.4. The minimum absolute atomic E-state index is 0.0713. The lowest BCUT2D eigenvalue weighted by molar-refractivity contribution is -0.140. The summed E-state index contributed by atoms with van der Waals surface area (Å²) < 4.78 is 11.5. The third-order valence-corrected chi connectivity index (χ3v) is 5.90. The maximum atomic E-state index is 12.9. The number of aryl methyl sites for hydroxylation is 1. The molecule has 0 saturated carbocycles. The highest BCUT2D eigenvalue weighted by atomic mass is 79.9. The molecule has 3 rings (SSSR count). The Kier molecular flexibility index (Phi) is 6.95. The predicted octanol–water partition coefficient (Wildman–Crippen LogP) is 4.22. The van der Waals surface area contributed by atoms with Gasteiger partial charge in [0.15, 0.2) is 0 Å². The Balaban J connectivity index is 2.13. The van der Waals surface area contributed by atoms with Crippen LogP contribution in [0.25, 0.3) is 5.76 Å². The molecule has 1 unspecified atom stereocenters. The number of carbonyl (C=O) groups is 2. The Labute approximate surface area is 184 Å². The van der Waals surface area contributed by atoms with Crippen LogP contribution in [0, 0.1) is 6.92 Å². The molecule has 1 heterocycles. The number of likely N-dealkylation sites (tertiary alicyclic amines) is 1. The number of ether oxygens (including phenoxy) is 2. The predicted molar refractivity (Wildman–Crippen MR) is 117 cm³/mol. The van der Waals surface area contributed by atoms with Gasteiger partial charge in [0.2, 0.25) is 0 Å². The molecular formula is C23H24BrNO5. The zero-order valence-electron chi connectivity index (χ0n) is 17.1. The molecular weight excluding hydrogens is 450 g/mol. The third kappa shape index (κ3) is 4.27. The molecule has 7 heteroatoms. The number of amides is 1. The maximum absolute atomic E-state index is 12.9. The lowest BCUT2D eigenvalue weighted by atomic mass is 9.95. The second kappa shape index (κ2) is 9.45. The van der Waals surface area contributed by atoms with Crippen LogP contribution in [0.1, 0.15) is 29.7 Å². The summed E-state index contributed by atoms with van der Waals surface area (Å²) in [5.74, 6) is -0.856. The molecule has 6 nitrogen and oxygen atoms in total. The van der Waals surface area contributed by atoms with E-state index in [1.165, 1.54) is 12.0 Å². The standard InChI is InChI=1S/C23H24BrNO5/c1-4-30-17-8-5-15(6-9-17)20-19(22(27)23(28)25(20)11-12-29-3)21(26)16-7-10-18(24)14(2)13-16/h5-10,13,20,26H,4,11-12H2,1-3H3/b21-19-. The Hall–Kier alpha value is -2.64. The molecule has 0 aromatic heterocycles. The monoisotopic (exact) mass is 473 g/mol. The van der Waals surface area contributed by atoms with Crippen molar-refractivity contribution in [2.75, 3.05) is 26.9 Å². The average molecular weight is 474 g/mol. The normalized spacial score (nSPS) is 18.1. The maximum Gasteiger partial charge on any atom is 0.295 e. The van der Waals surface area contributed by atoms with Gasteiger partial charge in [0, 0.05) is 23.7 Å². The lowest BCUT2D eigenvalue weighted by Gasteiger charge is -2.25. The molecule has 0 bridgehead atoms. The Bertz CT molecular complexity index is 984. The van der Waals surface area contributed by atoms with Crippen molar-refractivity contribution in [3.8, 4) is 5.75 Å². The number of aliphatic hydroxyl groups excluding tert-OH is 1. The highest BCUT2D eigenvalue weighted by molar-refractivity contribution is 9.10. The molecule has 158 valence electrons. The molecule has 1 amide bonds. The van der Waals surface area contributed by atoms with Crippen molar-refractivity contribution in [3.63, 3.8) is 0 Å². The van der Waals surface area contributed by atoms with Gasteiger partial charge in [-0.1, -0.05) is 34.1 Å². The Morgan fingerprint density at radius 1 is 1.17 bits per heavy atom. The van der Waals surface area contributed by atoms with Crippen molar-refractivity contribution in [3.05, 3.63) is 69.2 Å². The summed E-state index contributed by atoms with van der Waals surface area (Å²) >= 11 is 3.44. The fraction of sp³-hybridized carbons (Fsp3) is 0.304. The molecule has 0 spiro atoms. The van der Waals surface area contributed by atoms with Crippen LogP contribution in [0.15, 0.2) is 52.5 Å². The number of hydrogen-bond donors (Lipinski definition) is 1. The summed E-state index contributed by atoms with van der Waals surface area (Å²) in [5.41, 5.74) is 2.17. The van der Waals surface area contributed by atoms with E-state index in [4.69, 9.17) is 9.47 Å². The number of carbonyl (C=O) groups excluding carboxylic acids is 2. The van der Waals surface area contributed by atoms with Crippen LogP contribution >= 0.6 is 15.9 Å². The molecule has 1 fully saturated rings. The average Bonchev–Trinajstić information content (AvgIpc) is 2.99. The SMILES string of the molecule is CCOc1ccc(C2/C(=C(/O)c3ccc(Br)c(C)c3)C(=O)C(=O)N2CCOC)cc1. The summed E-state index contributed by atoms with van der Waals surface area (Å²) in [6.07, 6.45) is 0. The number of halogens is 1. The zero-order chi connectivity index (χ0) is 21.8. The van der Waals surface area contributed by atoms with Crippen LogP contribution in [0.5, 0.6) is 5.75 Å². The molecule has 0 aliphatic carbocycles. The minimum atomic E-state index is -0.709. The number of benzene rings is 2. The smallest absolute Gasteiger partial charge is 0.295 e. The van der Waals surface area contributed by atoms with Crippen molar-refractivity contribution in [1.29, 1.82) is 0 Å². The van der Waals surface area contributed by atoms with Crippen molar-refractivity contribution in [2.45, 2.75) is 19.9 Å². The summed E-state index contributed by atoms with van der Waals surface area (Å²) in [7, 11) is 1.53. The third-order valence-electron chi connectivity index (χ3n) is 5.01. The van der Waals surface area contributed by atoms with Crippen molar-refractivity contribution >= 4 is 33.4 Å². The van der Waals surface area contributed by atoms with Crippen molar-refractivity contribution in [2.24, 2.45) is 0 Å². The number of methoxy groups -OCH3 is 1. The number of rotatable bonds is 7. The summed E-state index contributed by atoms with van der Waals surface area (Å²) in [6.45, 7) is 4.83. The van der Waals surface area contributed by atoms with E-state index in [1.807, 2.05) is 13.8 Å². The van der Waals surface area contributed by atoms with Gasteiger partial charge in [-0.3, -0.25) is 9.59 Å². The number of aliphatic hydroxyl groups is 1. The molecule has 0 radical (unpaired) electrons. The number of Topliss-reactive ketones (excluding diaryl/α,β-unsaturated/α-hetero) is 1. The quantitative estimate of drug-likeness (QED) is 0.370. The largest absolute Gasteiger partial charge is 0.507 e. The fourth-order valence-electron chi connectivity index (χ4n) is 3.51. The number of nitrogens with zero attached hydrogens (tertiary/aromatic N) is 1. The van der Waals surface area contributed by atoms with Gasteiger partial charge in [-0.25, -0.2) is 0 Å². The first kappa shape index (κ1) is 22.1. The van der Waals surface area contributed by atoms with Gasteiger partial charge in [-0.2, -0.15) is 0 Å². The van der Waals surface area contributed by atoms with Crippen molar-refractivity contribution in [1.82, 2.24) is 4.90 Å². The number of ketones is 1. The van der Waals surface area contributed by atoms with Crippen LogP contribution in [-0.4, -0.2) is 48.6 Å². The minimum Gasteiger partial charge on any atom is -0.507 e. The molecule has 1 atom stereocenters. The van der Waals surface area contributed by atoms with Gasteiger partial charge in [0.05, 0.1) is 24.8 Å². The van der Waals surface area contributed by atoms with Crippen LogP contribution in [0.3, 0.4) is 0 Å². The topological polar surface area (TPSA) is 76.1 Å². The molecule has 1 aliphatic heterocycles. The second-order valence-electron chi connectivity index (χ2n) is 6.95. The van der Waals surface area contributed by atoms with Crippen LogP contribution in [-0.2, 0) is 14.3 Å². The highest BCUT2D eigenvalue weighted by Gasteiger charge is 2.45. The molecule has 1 N–H and O–H groups in total. The van der Waals surface area contributed by atoms with Crippen LogP contribution in [0.2, 0.25) is 0 Å². The van der Waals surface area contributed by atoms with Gasteiger partial charge in [0.1, 0.15) is 11.5 Å². The van der Waals surface area contributed by atoms with Gasteiger partial charge >= 0.3 is 0 Å². The van der Waals surface area contributed by atoms with E-state index in [-0.39, 0.29) is 24.5 Å². The lowest BCUT2D eigenvalue weighted by Crippen LogP contribution is -2.32. The van der Waals surface area contributed by atoms with E-state index in [0.717, 1.165) is 10.0 Å². The molecule has 2 aromatic rings. The first-order chi connectivity index (χ1) is 14.4. The molecule has 2 aromatic carbocycles. The molecule has 30 heavy (non-hydrogen) atoms. The highest BCUT2D eigenvalue weighted by Crippen LogP contribution is 2.40. The van der Waals surface area contributed by atoms with E-state index in [0.29, 0.717) is 23.5 Å². The fourth-order valence-corrected chi connectivity index (χ4v) is 3.75. The van der Waals surface area contributed by atoms with Crippen LogP contribution < -0.4 is 4.74 Å². The first-order valence-electron chi connectivity index (χ1n) is 9.65. The van der Waals surface area contributed by atoms with E-state index in [1.54, 1.807) is 42.5 Å². The Morgan fingerprint density at radius 3 is 2.47 bits per heavy atom. The molecule has 1 saturated heterocycles. The summed E-state index contributed by atoms with van der Waals surface area (Å²) in [5, 5.41) is 11.0. The second-order valence-corrected chi connectivity index (χ2v) is 7.81. The van der Waals surface area contributed by atoms with E-state index < -0.39 is 17.7 Å². The number of hydrogen-bond acceptors (Lipinski definition) is 5. The van der Waals surface area contributed by atoms with Crippen LogP contribution in [0.4, 0.5) is 0 Å². The van der Waals surface area contributed by atoms with Gasteiger partial charge in [-0.05, 0) is 49.2 Å². The van der Waals surface area contributed by atoms with Gasteiger partial charge in [-0.15, -0.1) is 0 Å². The zero-order valence-corrected chi connectivity index (χ0v) is 18.7. The van der Waals surface area contributed by atoms with E-state index in [9.17, 15) is 14.7 Å². The summed E-state index contributed by atoms with van der Waals surface area (Å²) in [4.78, 5) is 27.1. The Morgan fingerprint density at radius 2 is 1.87 bits per heavy atom. The van der Waals surface area contributed by atoms with E-state index in [2.05, 4.69) is 15.9 Å². The summed E-state index contributed by atoms with van der Waals surface area (Å²) in [6, 6.07) is 11.8. The molecule has 1 aliphatic rings. The van der Waals surface area contributed by atoms with E-state index >= 15 is 0 Å². The van der Waals surface area contributed by atoms with Gasteiger partial charge in [0.25, 0.3) is 11.7 Å². The van der Waals surface area contributed by atoms with Crippen molar-refractivity contribution < 1.29 is 24.2 Å².